The van der Waals surface area contributed by atoms with E-state index in [4.69, 9.17) is 0 Å². The SMILES string of the molecule is [Cl-].[NH3+]Nc1ccc(CS(=O)(=O)N2CCCC2)cc1. The molecule has 1 fully saturated rings. The molecule has 0 aliphatic carbocycles. The highest BCUT2D eigenvalue weighted by molar-refractivity contribution is 7.88. The van der Waals surface area contributed by atoms with Crippen LogP contribution in [0.1, 0.15) is 18.4 Å². The zero-order chi connectivity index (χ0) is 12.3. The van der Waals surface area contributed by atoms with Crippen LogP contribution >= 0.6 is 0 Å². The maximum absolute atomic E-state index is 12.1. The first-order valence-electron chi connectivity index (χ1n) is 5.72. The van der Waals surface area contributed by atoms with Crippen molar-refractivity contribution in [1.82, 2.24) is 4.31 Å². The summed E-state index contributed by atoms with van der Waals surface area (Å²) in [6.07, 6.45) is 1.95. The van der Waals surface area contributed by atoms with Crippen LogP contribution in [0.25, 0.3) is 0 Å². The normalized spacial score (nSPS) is 16.3. The van der Waals surface area contributed by atoms with Crippen LogP contribution in [0.4, 0.5) is 5.69 Å². The summed E-state index contributed by atoms with van der Waals surface area (Å²) in [5.41, 5.74) is 4.46. The van der Waals surface area contributed by atoms with Gasteiger partial charge in [-0.15, -0.1) is 0 Å². The number of nitrogens with zero attached hydrogens (tertiary/aromatic N) is 1. The molecular weight excluding hydrogens is 274 g/mol. The minimum Gasteiger partial charge on any atom is -1.00 e. The van der Waals surface area contributed by atoms with Crippen molar-refractivity contribution >= 4 is 15.7 Å². The average molecular weight is 292 g/mol. The Hall–Kier alpha value is -0.820. The number of quaternary nitrogens is 1. The Kier molecular flexibility index (Phi) is 5.40. The Morgan fingerprint density at radius 1 is 1.17 bits per heavy atom. The van der Waals surface area contributed by atoms with Crippen LogP contribution in [0.15, 0.2) is 24.3 Å². The Bertz CT molecular complexity index is 470. The maximum atomic E-state index is 12.1. The van der Waals surface area contributed by atoms with Gasteiger partial charge in [0.15, 0.2) is 0 Å². The molecule has 0 saturated carbocycles. The van der Waals surface area contributed by atoms with E-state index in [-0.39, 0.29) is 18.2 Å². The second kappa shape index (κ2) is 6.38. The van der Waals surface area contributed by atoms with Gasteiger partial charge in [-0.1, -0.05) is 12.1 Å². The van der Waals surface area contributed by atoms with Crippen molar-refractivity contribution in [3.05, 3.63) is 29.8 Å². The van der Waals surface area contributed by atoms with Crippen molar-refractivity contribution in [1.29, 1.82) is 0 Å². The van der Waals surface area contributed by atoms with Gasteiger partial charge in [0.25, 0.3) is 0 Å². The second-order valence-corrected chi connectivity index (χ2v) is 6.20. The first-order chi connectivity index (χ1) is 8.12. The number of halogens is 1. The van der Waals surface area contributed by atoms with E-state index in [0.717, 1.165) is 24.1 Å². The van der Waals surface area contributed by atoms with Gasteiger partial charge in [0, 0.05) is 13.1 Å². The van der Waals surface area contributed by atoms with Gasteiger partial charge in [-0.25, -0.2) is 18.1 Å². The number of sulfonamides is 1. The molecular formula is C11H18ClN3O2S. The van der Waals surface area contributed by atoms with E-state index in [1.165, 1.54) is 0 Å². The molecule has 0 aromatic heterocycles. The molecule has 0 radical (unpaired) electrons. The van der Waals surface area contributed by atoms with Crippen LogP contribution in [0, 0.1) is 0 Å². The van der Waals surface area contributed by atoms with Crippen molar-refractivity contribution in [2.75, 3.05) is 18.5 Å². The van der Waals surface area contributed by atoms with Gasteiger partial charge >= 0.3 is 0 Å². The summed E-state index contributed by atoms with van der Waals surface area (Å²) in [5, 5.41) is 0. The van der Waals surface area contributed by atoms with E-state index in [2.05, 4.69) is 11.3 Å². The Labute approximate surface area is 114 Å². The first kappa shape index (κ1) is 15.2. The lowest BCUT2D eigenvalue weighted by molar-refractivity contribution is -0.325. The van der Waals surface area contributed by atoms with Crippen molar-refractivity contribution < 1.29 is 26.7 Å². The summed E-state index contributed by atoms with van der Waals surface area (Å²) in [6.45, 7) is 1.34. The lowest BCUT2D eigenvalue weighted by atomic mass is 10.2. The molecule has 18 heavy (non-hydrogen) atoms. The molecule has 102 valence electrons. The van der Waals surface area contributed by atoms with Gasteiger partial charge in [-0.3, -0.25) is 5.84 Å². The van der Waals surface area contributed by atoms with Crippen LogP contribution in [0.5, 0.6) is 0 Å². The second-order valence-electron chi connectivity index (χ2n) is 4.24. The number of hydrogen-bond donors (Lipinski definition) is 2. The van der Waals surface area contributed by atoms with E-state index in [1.807, 2.05) is 24.3 Å². The predicted octanol–water partition coefficient (Wildman–Crippen LogP) is -2.81. The molecule has 1 aliphatic rings. The Morgan fingerprint density at radius 2 is 1.72 bits per heavy atom. The van der Waals surface area contributed by atoms with E-state index in [0.29, 0.717) is 13.1 Å². The predicted molar refractivity (Wildman–Crippen MR) is 66.4 cm³/mol. The zero-order valence-electron chi connectivity index (χ0n) is 10.1. The molecule has 5 nitrogen and oxygen atoms in total. The minimum absolute atomic E-state index is 0. The summed E-state index contributed by atoms with van der Waals surface area (Å²) in [4.78, 5) is 0. The quantitative estimate of drug-likeness (QED) is 0.588. The van der Waals surface area contributed by atoms with E-state index in [9.17, 15) is 8.42 Å². The average Bonchev–Trinajstić information content (AvgIpc) is 2.84. The highest BCUT2D eigenvalue weighted by atomic mass is 35.5. The van der Waals surface area contributed by atoms with Crippen molar-refractivity contribution in [3.63, 3.8) is 0 Å². The highest BCUT2D eigenvalue weighted by Gasteiger charge is 2.25. The highest BCUT2D eigenvalue weighted by Crippen LogP contribution is 2.18. The maximum Gasteiger partial charge on any atom is 0.218 e. The number of rotatable bonds is 4. The fraction of sp³-hybridized carbons (Fsp3) is 0.455. The molecule has 0 unspecified atom stereocenters. The summed E-state index contributed by atoms with van der Waals surface area (Å²) >= 11 is 0. The van der Waals surface area contributed by atoms with E-state index in [1.54, 1.807) is 4.31 Å². The van der Waals surface area contributed by atoms with Gasteiger partial charge in [-0.2, -0.15) is 0 Å². The van der Waals surface area contributed by atoms with Crippen LogP contribution in [-0.4, -0.2) is 25.8 Å². The molecule has 4 N–H and O–H groups in total. The topological polar surface area (TPSA) is 77.0 Å². The number of anilines is 1. The third kappa shape index (κ3) is 3.58. The zero-order valence-corrected chi connectivity index (χ0v) is 11.7. The molecule has 1 heterocycles. The molecule has 0 bridgehead atoms. The molecule has 0 spiro atoms. The molecule has 1 aromatic carbocycles. The molecule has 1 saturated heterocycles. The standard InChI is InChI=1S/C11H17N3O2S.ClH/c12-13-11-5-3-10(4-6-11)9-17(15,16)14-7-1-2-8-14;/h3-6,13H,1-2,7-9,12H2;1H. The summed E-state index contributed by atoms with van der Waals surface area (Å²) < 4.78 is 25.7. The molecule has 0 amide bonds. The molecule has 1 aromatic rings. The number of hydrogen-bond acceptors (Lipinski definition) is 3. The van der Waals surface area contributed by atoms with Crippen molar-refractivity contribution in [2.45, 2.75) is 18.6 Å². The van der Waals surface area contributed by atoms with Gasteiger partial charge in [-0.05, 0) is 30.5 Å². The van der Waals surface area contributed by atoms with Gasteiger partial charge in [0.2, 0.25) is 10.0 Å². The Morgan fingerprint density at radius 3 is 2.22 bits per heavy atom. The van der Waals surface area contributed by atoms with E-state index < -0.39 is 10.0 Å². The lowest BCUT2D eigenvalue weighted by Crippen LogP contribution is -3.00. The molecule has 7 heteroatoms. The largest absolute Gasteiger partial charge is 1.00 e. The summed E-state index contributed by atoms with van der Waals surface area (Å²) in [6, 6.07) is 7.31. The van der Waals surface area contributed by atoms with Crippen LogP contribution in [-0.2, 0) is 15.8 Å². The fourth-order valence-electron chi connectivity index (χ4n) is 1.99. The summed E-state index contributed by atoms with van der Waals surface area (Å²) in [5.74, 6) is 3.63. The summed E-state index contributed by atoms with van der Waals surface area (Å²) in [7, 11) is -3.14. The van der Waals surface area contributed by atoms with Crippen LogP contribution in [0.3, 0.4) is 0 Å². The van der Waals surface area contributed by atoms with Gasteiger partial charge < -0.3 is 12.4 Å². The number of benzene rings is 1. The van der Waals surface area contributed by atoms with Crippen LogP contribution < -0.4 is 23.7 Å². The van der Waals surface area contributed by atoms with Gasteiger partial charge in [0.1, 0.15) is 0 Å². The third-order valence-corrected chi connectivity index (χ3v) is 4.82. The van der Waals surface area contributed by atoms with E-state index >= 15 is 0 Å². The Balaban J connectivity index is 0.00000162. The van der Waals surface area contributed by atoms with Crippen LogP contribution in [0.2, 0.25) is 0 Å². The molecule has 2 rings (SSSR count). The third-order valence-electron chi connectivity index (χ3n) is 2.97. The molecule has 1 aliphatic heterocycles. The monoisotopic (exact) mass is 291 g/mol. The molecule has 0 atom stereocenters. The van der Waals surface area contributed by atoms with Gasteiger partial charge in [0.05, 0.1) is 11.4 Å². The lowest BCUT2D eigenvalue weighted by Gasteiger charge is -2.15. The number of nitrogens with one attached hydrogen (secondary N) is 1. The van der Waals surface area contributed by atoms with Crippen molar-refractivity contribution in [3.8, 4) is 0 Å². The minimum atomic E-state index is -3.14. The fourth-order valence-corrected chi connectivity index (χ4v) is 3.60. The van der Waals surface area contributed by atoms with Crippen molar-refractivity contribution in [2.24, 2.45) is 0 Å². The smallest absolute Gasteiger partial charge is 0.218 e. The first-order valence-corrected chi connectivity index (χ1v) is 7.32.